The van der Waals surface area contributed by atoms with Crippen LogP contribution in [0.1, 0.15) is 34.2 Å². The second-order valence-electron chi connectivity index (χ2n) is 6.33. The number of nitrogens with one attached hydrogen (secondary N) is 1. The number of alkyl halides is 3. The van der Waals surface area contributed by atoms with E-state index in [-0.39, 0.29) is 28.0 Å². The Morgan fingerprint density at radius 3 is 2.55 bits per heavy atom. The molecule has 3 aromatic rings. The summed E-state index contributed by atoms with van der Waals surface area (Å²) in [4.78, 5) is 19.5. The molecule has 0 spiro atoms. The first-order chi connectivity index (χ1) is 14.3. The minimum Gasteiger partial charge on any atom is -0.462 e. The van der Waals surface area contributed by atoms with Crippen LogP contribution < -0.4 is 4.72 Å². The fourth-order valence-corrected chi connectivity index (χ4v) is 4.48. The van der Waals surface area contributed by atoms with Gasteiger partial charge in [0.05, 0.1) is 22.3 Å². The summed E-state index contributed by atoms with van der Waals surface area (Å²) in [5, 5.41) is 2.59. The zero-order valence-corrected chi connectivity index (χ0v) is 18.7. The number of sulfonamides is 1. The lowest BCUT2D eigenvalue weighted by Gasteiger charge is -2.13. The van der Waals surface area contributed by atoms with Crippen molar-refractivity contribution in [1.29, 1.82) is 0 Å². The molecule has 0 aliphatic rings. The van der Waals surface area contributed by atoms with Gasteiger partial charge in [0, 0.05) is 5.69 Å². The number of esters is 1. The van der Waals surface area contributed by atoms with Crippen LogP contribution >= 0.6 is 15.9 Å². The monoisotopic (exact) mass is 521 g/mol. The van der Waals surface area contributed by atoms with Gasteiger partial charge >= 0.3 is 12.1 Å². The molecule has 2 heterocycles. The molecule has 0 aliphatic heterocycles. The molecule has 0 radical (unpaired) electrons. The van der Waals surface area contributed by atoms with Crippen LogP contribution in [0.3, 0.4) is 0 Å². The Morgan fingerprint density at radius 2 is 1.94 bits per heavy atom. The minimum atomic E-state index is -4.80. The van der Waals surface area contributed by atoms with Crippen LogP contribution in [0.2, 0.25) is 0 Å². The number of anilines is 1. The van der Waals surface area contributed by atoms with Crippen molar-refractivity contribution in [2.45, 2.75) is 32.1 Å². The average molecular weight is 522 g/mol. The van der Waals surface area contributed by atoms with Gasteiger partial charge in [-0.3, -0.25) is 4.72 Å². The predicted molar refractivity (Wildman–Crippen MR) is 106 cm³/mol. The van der Waals surface area contributed by atoms with Crippen molar-refractivity contribution in [2.75, 3.05) is 11.3 Å². The number of nitrogens with zero attached hydrogens (tertiary/aromatic N) is 4. The third kappa shape index (κ3) is 4.49. The van der Waals surface area contributed by atoms with Crippen LogP contribution in [0.5, 0.6) is 0 Å². The van der Waals surface area contributed by atoms with Crippen LogP contribution in [-0.2, 0) is 20.9 Å². The third-order valence-electron chi connectivity index (χ3n) is 4.03. The van der Waals surface area contributed by atoms with Gasteiger partial charge < -0.3 is 4.74 Å². The summed E-state index contributed by atoms with van der Waals surface area (Å²) in [6, 6.07) is 3.66. The second-order valence-corrected chi connectivity index (χ2v) is 8.70. The summed E-state index contributed by atoms with van der Waals surface area (Å²) >= 11 is 3.17. The summed E-state index contributed by atoms with van der Waals surface area (Å²) in [5.41, 5.74) is -0.748. The number of aryl methyl sites for hydroxylation is 2. The average Bonchev–Trinajstić information content (AvgIpc) is 3.08. The van der Waals surface area contributed by atoms with E-state index in [0.29, 0.717) is 10.1 Å². The zero-order valence-electron chi connectivity index (χ0n) is 16.3. The number of hydrogen-bond acceptors (Lipinski definition) is 7. The summed E-state index contributed by atoms with van der Waals surface area (Å²) in [7, 11) is -4.53. The number of aromatic nitrogens is 4. The lowest BCUT2D eigenvalue weighted by atomic mass is 10.1. The van der Waals surface area contributed by atoms with E-state index in [1.54, 1.807) is 13.8 Å². The van der Waals surface area contributed by atoms with Gasteiger partial charge in [-0.1, -0.05) is 6.07 Å². The van der Waals surface area contributed by atoms with Crippen molar-refractivity contribution in [2.24, 2.45) is 0 Å². The molecule has 0 unspecified atom stereocenters. The van der Waals surface area contributed by atoms with Crippen molar-refractivity contribution in [3.05, 3.63) is 45.2 Å². The van der Waals surface area contributed by atoms with Gasteiger partial charge in [-0.2, -0.15) is 31.1 Å². The number of carbonyl (C=O) groups excluding carboxylic acids is 1. The van der Waals surface area contributed by atoms with Gasteiger partial charge in [0.1, 0.15) is 0 Å². The first kappa shape index (κ1) is 22.9. The molecule has 31 heavy (non-hydrogen) atoms. The molecule has 3 rings (SSSR count). The first-order valence-corrected chi connectivity index (χ1v) is 10.9. The normalized spacial score (nSPS) is 12.2. The molecule has 14 heteroatoms. The van der Waals surface area contributed by atoms with Gasteiger partial charge in [0.15, 0.2) is 5.69 Å². The third-order valence-corrected chi connectivity index (χ3v) is 5.98. The highest BCUT2D eigenvalue weighted by Crippen LogP contribution is 2.33. The molecule has 2 aromatic heterocycles. The summed E-state index contributed by atoms with van der Waals surface area (Å²) in [6.45, 7) is 4.61. The number of carbonyl (C=O) groups is 1. The molecule has 9 nitrogen and oxygen atoms in total. The number of hydrogen-bond donors (Lipinski definition) is 1. The maximum Gasteiger partial charge on any atom is 0.433 e. The largest absolute Gasteiger partial charge is 0.462 e. The van der Waals surface area contributed by atoms with Crippen molar-refractivity contribution >= 4 is 43.4 Å². The van der Waals surface area contributed by atoms with E-state index in [0.717, 1.165) is 6.07 Å². The van der Waals surface area contributed by atoms with E-state index < -0.39 is 38.8 Å². The predicted octanol–water partition coefficient (Wildman–Crippen LogP) is 3.50. The van der Waals surface area contributed by atoms with E-state index in [4.69, 9.17) is 4.74 Å². The molecule has 1 aromatic carbocycles. The highest BCUT2D eigenvalue weighted by molar-refractivity contribution is 9.10. The Morgan fingerprint density at radius 1 is 1.26 bits per heavy atom. The molecule has 0 saturated carbocycles. The molecular weight excluding hydrogens is 507 g/mol. The Bertz CT molecular complexity index is 1290. The van der Waals surface area contributed by atoms with E-state index in [1.807, 2.05) is 0 Å². The fourth-order valence-electron chi connectivity index (χ4n) is 2.63. The second kappa shape index (κ2) is 8.07. The molecule has 0 amide bonds. The number of ether oxygens (including phenoxy) is 1. The zero-order chi connectivity index (χ0) is 23.1. The number of rotatable bonds is 5. The van der Waals surface area contributed by atoms with Crippen LogP contribution in [0, 0.1) is 13.8 Å². The minimum absolute atomic E-state index is 0.00939. The number of fused-ring (bicyclic) bond motifs is 1. The van der Waals surface area contributed by atoms with Crippen molar-refractivity contribution in [1.82, 2.24) is 19.6 Å². The number of benzene rings is 1. The van der Waals surface area contributed by atoms with Gasteiger partial charge in [-0.25, -0.2) is 9.78 Å². The Kier molecular flexibility index (Phi) is 5.97. The van der Waals surface area contributed by atoms with Crippen molar-refractivity contribution < 1.29 is 31.1 Å². The van der Waals surface area contributed by atoms with Gasteiger partial charge in [0.2, 0.25) is 0 Å². The van der Waals surface area contributed by atoms with E-state index >= 15 is 0 Å². The smallest absolute Gasteiger partial charge is 0.433 e. The molecular formula is C17H15BrF3N5O4S. The molecule has 0 saturated heterocycles. The van der Waals surface area contributed by atoms with E-state index in [2.05, 4.69) is 35.7 Å². The summed E-state index contributed by atoms with van der Waals surface area (Å²) in [5.74, 6) is -1.21. The fraction of sp³-hybridized carbons (Fsp3) is 0.294. The molecule has 166 valence electrons. The lowest BCUT2D eigenvalue weighted by Crippen LogP contribution is -2.18. The lowest BCUT2D eigenvalue weighted by molar-refractivity contribution is -0.142. The van der Waals surface area contributed by atoms with Gasteiger partial charge in [-0.05, 0) is 54.4 Å². The highest BCUT2D eigenvalue weighted by Gasteiger charge is 2.36. The van der Waals surface area contributed by atoms with Gasteiger partial charge in [0.25, 0.3) is 21.0 Å². The quantitative estimate of drug-likeness (QED) is 0.510. The summed E-state index contributed by atoms with van der Waals surface area (Å²) in [6.07, 6.45) is -4.80. The SMILES string of the molecule is CCOC(=O)c1ccc(C)c(NS(=O)(=O)c2nc3nc(C)cc(C(F)(F)F)n3n2)c1Br. The first-order valence-electron chi connectivity index (χ1n) is 8.65. The summed E-state index contributed by atoms with van der Waals surface area (Å²) < 4.78 is 73.1. The maximum absolute atomic E-state index is 13.3. The molecule has 0 atom stereocenters. The topological polar surface area (TPSA) is 116 Å². The van der Waals surface area contributed by atoms with E-state index in [9.17, 15) is 26.4 Å². The van der Waals surface area contributed by atoms with Crippen LogP contribution in [-0.4, -0.2) is 40.6 Å². The van der Waals surface area contributed by atoms with Crippen molar-refractivity contribution in [3.8, 4) is 0 Å². The number of halogens is 4. The van der Waals surface area contributed by atoms with Crippen LogP contribution in [0.15, 0.2) is 27.8 Å². The Hall–Kier alpha value is -2.74. The standard InChI is InChI=1S/C17H15BrF3N5O4S/c1-4-30-14(27)10-6-5-8(2)13(12(10)18)25-31(28,29)16-23-15-22-9(3)7-11(17(19,20)21)26(15)24-16/h5-7,25H,4H2,1-3H3. The molecule has 0 aliphatic carbocycles. The van der Waals surface area contributed by atoms with Crippen molar-refractivity contribution in [3.63, 3.8) is 0 Å². The van der Waals surface area contributed by atoms with E-state index in [1.165, 1.54) is 19.1 Å². The van der Waals surface area contributed by atoms with Crippen LogP contribution in [0.25, 0.3) is 5.78 Å². The highest BCUT2D eigenvalue weighted by atomic mass is 79.9. The van der Waals surface area contributed by atoms with Crippen LogP contribution in [0.4, 0.5) is 18.9 Å². The Balaban J connectivity index is 2.09. The maximum atomic E-state index is 13.3. The molecule has 0 fully saturated rings. The van der Waals surface area contributed by atoms with Gasteiger partial charge in [-0.15, -0.1) is 5.10 Å². The molecule has 1 N–H and O–H groups in total. The Labute approximate surface area is 182 Å². The molecule has 0 bridgehead atoms.